The average Bonchev–Trinajstić information content (AvgIpc) is 2.73. The zero-order chi connectivity index (χ0) is 20.7. The predicted molar refractivity (Wildman–Crippen MR) is 104 cm³/mol. The Bertz CT molecular complexity index is 853. The molecule has 0 aliphatic heterocycles. The van der Waals surface area contributed by atoms with Crippen molar-refractivity contribution in [2.75, 3.05) is 39.9 Å². The lowest BCUT2D eigenvalue weighted by Crippen LogP contribution is -2.41. The fourth-order valence-corrected chi connectivity index (χ4v) is 2.75. The van der Waals surface area contributed by atoms with Gasteiger partial charge in [0.2, 0.25) is 0 Å². The van der Waals surface area contributed by atoms with Gasteiger partial charge in [-0.25, -0.2) is 0 Å². The van der Waals surface area contributed by atoms with E-state index in [0.717, 1.165) is 5.56 Å². The van der Waals surface area contributed by atoms with Gasteiger partial charge < -0.3 is 29.6 Å². The fourth-order valence-electron chi connectivity index (χ4n) is 2.75. The predicted octanol–water partition coefficient (Wildman–Crippen LogP) is 1.78. The molecule has 8 heteroatoms. The maximum atomic E-state index is 12.4. The highest BCUT2D eigenvalue weighted by atomic mass is 16.5. The standard InChI is InChI=1S/C20H24N2O6/c1-25-14-6-7-15(17(12-14)27-3)22(20(24)19(21)23)10-9-13-5-8-16(26-2)18(11-13)28-4/h5-8,11-12H,9-10H2,1-4H3,(H2,21,23). The third-order valence-electron chi connectivity index (χ3n) is 4.21. The van der Waals surface area contributed by atoms with E-state index in [1.54, 1.807) is 38.5 Å². The first kappa shape index (κ1) is 20.9. The normalized spacial score (nSPS) is 10.1. The number of nitrogens with two attached hydrogens (primary N) is 1. The third kappa shape index (κ3) is 4.64. The average molecular weight is 388 g/mol. The monoisotopic (exact) mass is 388 g/mol. The molecule has 0 aliphatic rings. The van der Waals surface area contributed by atoms with Crippen molar-refractivity contribution >= 4 is 17.5 Å². The van der Waals surface area contributed by atoms with Gasteiger partial charge in [0, 0.05) is 12.6 Å². The van der Waals surface area contributed by atoms with E-state index in [1.165, 1.54) is 19.1 Å². The van der Waals surface area contributed by atoms with Gasteiger partial charge in [-0.2, -0.15) is 0 Å². The molecule has 0 heterocycles. The van der Waals surface area contributed by atoms with Crippen molar-refractivity contribution in [3.63, 3.8) is 0 Å². The summed E-state index contributed by atoms with van der Waals surface area (Å²) >= 11 is 0. The molecule has 0 saturated heterocycles. The zero-order valence-electron chi connectivity index (χ0n) is 16.4. The summed E-state index contributed by atoms with van der Waals surface area (Å²) in [5, 5.41) is 0. The first-order chi connectivity index (χ1) is 13.4. The molecule has 0 atom stereocenters. The van der Waals surface area contributed by atoms with Gasteiger partial charge in [-0.1, -0.05) is 6.07 Å². The summed E-state index contributed by atoms with van der Waals surface area (Å²) in [6, 6.07) is 10.4. The number of primary amides is 1. The van der Waals surface area contributed by atoms with Crippen LogP contribution in [0, 0.1) is 0 Å². The molecular weight excluding hydrogens is 364 g/mol. The highest BCUT2D eigenvalue weighted by Gasteiger charge is 2.24. The van der Waals surface area contributed by atoms with Gasteiger partial charge in [0.15, 0.2) is 11.5 Å². The van der Waals surface area contributed by atoms with E-state index < -0.39 is 11.8 Å². The molecule has 8 nitrogen and oxygen atoms in total. The van der Waals surface area contributed by atoms with Gasteiger partial charge in [-0.3, -0.25) is 9.59 Å². The maximum absolute atomic E-state index is 12.4. The van der Waals surface area contributed by atoms with Crippen LogP contribution in [-0.4, -0.2) is 46.8 Å². The summed E-state index contributed by atoms with van der Waals surface area (Å²) < 4.78 is 21.1. The first-order valence-corrected chi connectivity index (χ1v) is 8.49. The molecule has 0 radical (unpaired) electrons. The van der Waals surface area contributed by atoms with Crippen LogP contribution < -0.4 is 29.6 Å². The smallest absolute Gasteiger partial charge is 0.316 e. The molecular formula is C20H24N2O6. The Labute approximate surface area is 163 Å². The molecule has 0 spiro atoms. The Morgan fingerprint density at radius 3 is 2.11 bits per heavy atom. The second kappa shape index (κ2) is 9.50. The van der Waals surface area contributed by atoms with E-state index >= 15 is 0 Å². The van der Waals surface area contributed by atoms with Gasteiger partial charge in [-0.05, 0) is 36.2 Å². The number of hydrogen-bond donors (Lipinski definition) is 1. The van der Waals surface area contributed by atoms with Crippen molar-refractivity contribution in [3.8, 4) is 23.0 Å². The fraction of sp³-hybridized carbons (Fsp3) is 0.300. The minimum absolute atomic E-state index is 0.208. The molecule has 0 saturated carbocycles. The van der Waals surface area contributed by atoms with Crippen molar-refractivity contribution in [3.05, 3.63) is 42.0 Å². The van der Waals surface area contributed by atoms with Crippen molar-refractivity contribution in [2.45, 2.75) is 6.42 Å². The highest BCUT2D eigenvalue weighted by Crippen LogP contribution is 2.33. The van der Waals surface area contributed by atoms with Crippen molar-refractivity contribution in [1.29, 1.82) is 0 Å². The van der Waals surface area contributed by atoms with Crippen LogP contribution in [0.15, 0.2) is 36.4 Å². The third-order valence-corrected chi connectivity index (χ3v) is 4.21. The number of carbonyl (C=O) groups excluding carboxylic acids is 2. The highest BCUT2D eigenvalue weighted by molar-refractivity contribution is 6.40. The van der Waals surface area contributed by atoms with Crippen LogP contribution in [0.25, 0.3) is 0 Å². The molecule has 2 rings (SSSR count). The van der Waals surface area contributed by atoms with Crippen molar-refractivity contribution in [1.82, 2.24) is 0 Å². The molecule has 2 N–H and O–H groups in total. The number of ether oxygens (including phenoxy) is 4. The van der Waals surface area contributed by atoms with Crippen LogP contribution in [-0.2, 0) is 16.0 Å². The van der Waals surface area contributed by atoms with Crippen LogP contribution in [0.5, 0.6) is 23.0 Å². The Kier molecular flexibility index (Phi) is 7.08. The van der Waals surface area contributed by atoms with Crippen LogP contribution in [0.2, 0.25) is 0 Å². The number of anilines is 1. The molecule has 28 heavy (non-hydrogen) atoms. The molecule has 2 aromatic rings. The minimum Gasteiger partial charge on any atom is -0.497 e. The second-order valence-electron chi connectivity index (χ2n) is 5.80. The SMILES string of the molecule is COc1ccc(N(CCc2ccc(OC)c(OC)c2)C(=O)C(N)=O)c(OC)c1. The summed E-state index contributed by atoms with van der Waals surface area (Å²) in [7, 11) is 6.10. The molecule has 2 amide bonds. The summed E-state index contributed by atoms with van der Waals surface area (Å²) in [4.78, 5) is 25.3. The van der Waals surface area contributed by atoms with Crippen LogP contribution in [0.1, 0.15) is 5.56 Å². The van der Waals surface area contributed by atoms with Gasteiger partial charge >= 0.3 is 11.8 Å². The summed E-state index contributed by atoms with van der Waals surface area (Å²) in [6.07, 6.45) is 0.453. The van der Waals surface area contributed by atoms with E-state index in [9.17, 15) is 9.59 Å². The van der Waals surface area contributed by atoms with Gasteiger partial charge in [-0.15, -0.1) is 0 Å². The van der Waals surface area contributed by atoms with E-state index in [4.69, 9.17) is 24.7 Å². The summed E-state index contributed by atoms with van der Waals surface area (Å²) in [5.41, 5.74) is 6.56. The number of nitrogens with zero attached hydrogens (tertiary/aromatic N) is 1. The lowest BCUT2D eigenvalue weighted by Gasteiger charge is -2.24. The Hall–Kier alpha value is -3.42. The molecule has 0 fully saturated rings. The topological polar surface area (TPSA) is 100 Å². The Morgan fingerprint density at radius 1 is 0.857 bits per heavy atom. The summed E-state index contributed by atoms with van der Waals surface area (Å²) in [6.45, 7) is 0.208. The maximum Gasteiger partial charge on any atom is 0.316 e. The molecule has 0 bridgehead atoms. The molecule has 0 aliphatic carbocycles. The number of rotatable bonds is 8. The first-order valence-electron chi connectivity index (χ1n) is 8.49. The molecule has 2 aromatic carbocycles. The van der Waals surface area contributed by atoms with Crippen LogP contribution in [0.3, 0.4) is 0 Å². The number of carbonyl (C=O) groups is 2. The van der Waals surface area contributed by atoms with Gasteiger partial charge in [0.1, 0.15) is 11.5 Å². The lowest BCUT2D eigenvalue weighted by molar-refractivity contribution is -0.135. The van der Waals surface area contributed by atoms with Gasteiger partial charge in [0.05, 0.1) is 34.1 Å². The number of hydrogen-bond acceptors (Lipinski definition) is 6. The van der Waals surface area contributed by atoms with Crippen LogP contribution in [0.4, 0.5) is 5.69 Å². The molecule has 0 aromatic heterocycles. The number of methoxy groups -OCH3 is 4. The van der Waals surface area contributed by atoms with Crippen LogP contribution >= 0.6 is 0 Å². The number of amides is 2. The quantitative estimate of drug-likeness (QED) is 0.692. The Balaban J connectivity index is 2.33. The Morgan fingerprint density at radius 2 is 1.54 bits per heavy atom. The molecule has 150 valence electrons. The number of benzene rings is 2. The van der Waals surface area contributed by atoms with Crippen molar-refractivity contribution in [2.24, 2.45) is 5.73 Å². The lowest BCUT2D eigenvalue weighted by atomic mass is 10.1. The second-order valence-corrected chi connectivity index (χ2v) is 5.80. The van der Waals surface area contributed by atoms with E-state index in [2.05, 4.69) is 0 Å². The van der Waals surface area contributed by atoms with Crippen molar-refractivity contribution < 1.29 is 28.5 Å². The van der Waals surface area contributed by atoms with Gasteiger partial charge in [0.25, 0.3) is 0 Å². The van der Waals surface area contributed by atoms with E-state index in [0.29, 0.717) is 35.1 Å². The van der Waals surface area contributed by atoms with E-state index in [1.807, 2.05) is 12.1 Å². The largest absolute Gasteiger partial charge is 0.497 e. The minimum atomic E-state index is -1.05. The molecule has 0 unspecified atom stereocenters. The summed E-state index contributed by atoms with van der Waals surface area (Å²) in [5.74, 6) is 0.255. The van der Waals surface area contributed by atoms with E-state index in [-0.39, 0.29) is 6.54 Å². The zero-order valence-corrected chi connectivity index (χ0v) is 16.4.